The van der Waals surface area contributed by atoms with Gasteiger partial charge in [0, 0.05) is 29.9 Å². The summed E-state index contributed by atoms with van der Waals surface area (Å²) in [5.41, 5.74) is 7.01. The molecule has 0 aliphatic heterocycles. The van der Waals surface area contributed by atoms with E-state index in [1.165, 1.54) is 6.07 Å². The summed E-state index contributed by atoms with van der Waals surface area (Å²) in [5.74, 6) is -1.53. The van der Waals surface area contributed by atoms with Gasteiger partial charge in [-0.15, -0.1) is 12.4 Å². The summed E-state index contributed by atoms with van der Waals surface area (Å²) in [4.78, 5) is 24.4. The number of benzene rings is 2. The van der Waals surface area contributed by atoms with Gasteiger partial charge in [-0.1, -0.05) is 24.3 Å². The number of aromatic nitrogens is 1. The second-order valence-electron chi connectivity index (χ2n) is 8.54. The summed E-state index contributed by atoms with van der Waals surface area (Å²) in [6.07, 6.45) is 0. The number of hydrogen-bond acceptors (Lipinski definition) is 4. The normalized spacial score (nSPS) is 11.1. The van der Waals surface area contributed by atoms with E-state index in [1.807, 2.05) is 24.3 Å². The fourth-order valence-corrected chi connectivity index (χ4v) is 3.61. The van der Waals surface area contributed by atoms with Crippen LogP contribution in [0.5, 0.6) is 5.75 Å². The smallest absolute Gasteiger partial charge is 0.269 e. The number of nitrogens with two attached hydrogens (primary N) is 1. The molecule has 3 rings (SSSR count). The molecular formula is C25H27BrClF2N3O3. The minimum absolute atomic E-state index is 0. The third kappa shape index (κ3) is 7.13. The van der Waals surface area contributed by atoms with E-state index in [1.54, 1.807) is 31.4 Å². The molecule has 0 radical (unpaired) electrons. The molecule has 3 N–H and O–H groups in total. The van der Waals surface area contributed by atoms with E-state index in [0.29, 0.717) is 18.8 Å². The third-order valence-electron chi connectivity index (χ3n) is 5.53. The van der Waals surface area contributed by atoms with Crippen molar-refractivity contribution in [3.05, 3.63) is 97.4 Å². The van der Waals surface area contributed by atoms with Gasteiger partial charge in [-0.3, -0.25) is 14.9 Å². The largest absolute Gasteiger partial charge is 0.487 e. The molecule has 0 atom stereocenters. The lowest BCUT2D eigenvalue weighted by molar-refractivity contribution is -0.123. The molecule has 0 saturated carbocycles. The fourth-order valence-electron chi connectivity index (χ4n) is 3.17. The van der Waals surface area contributed by atoms with Gasteiger partial charge in [0.25, 0.3) is 5.56 Å². The number of ether oxygens (including phenoxy) is 1. The molecule has 0 spiro atoms. The van der Waals surface area contributed by atoms with Crippen LogP contribution in [-0.2, 0) is 24.5 Å². The van der Waals surface area contributed by atoms with Crippen molar-refractivity contribution >= 4 is 34.2 Å². The number of carbonyl (C=O) groups excluding carboxylic acids is 1. The van der Waals surface area contributed by atoms with Crippen molar-refractivity contribution in [3.8, 4) is 5.75 Å². The van der Waals surface area contributed by atoms with Gasteiger partial charge < -0.3 is 15.0 Å². The van der Waals surface area contributed by atoms with Crippen LogP contribution in [0.2, 0.25) is 0 Å². The van der Waals surface area contributed by atoms with Crippen LogP contribution >= 0.6 is 28.3 Å². The van der Waals surface area contributed by atoms with Gasteiger partial charge >= 0.3 is 0 Å². The summed E-state index contributed by atoms with van der Waals surface area (Å²) in [5, 5.41) is 3.11. The summed E-state index contributed by atoms with van der Waals surface area (Å²) in [6.45, 7) is 5.90. The second kappa shape index (κ2) is 11.8. The number of halogens is 4. The standard InChI is InChI=1S/C25H26BrF2N3O3.ClH/c1-15-10-21(34-14-18-8-9-19(27)11-20(18)28)22(26)23(32)31(15)13-17-6-4-16(5-7-17)12-30-25(2,3)24(29)33;/h4-11,30H,12-14H2,1-3H3,(H2,29,33);1H. The number of amides is 1. The topological polar surface area (TPSA) is 86.3 Å². The summed E-state index contributed by atoms with van der Waals surface area (Å²) in [6, 6.07) is 12.6. The summed E-state index contributed by atoms with van der Waals surface area (Å²) < 4.78 is 34.4. The maximum absolute atomic E-state index is 13.9. The lowest BCUT2D eigenvalue weighted by Crippen LogP contribution is -2.50. The number of carbonyl (C=O) groups is 1. The van der Waals surface area contributed by atoms with Crippen LogP contribution in [-0.4, -0.2) is 16.0 Å². The molecule has 0 aliphatic carbocycles. The molecule has 0 saturated heterocycles. The first kappa shape index (κ1) is 28.5. The zero-order valence-electron chi connectivity index (χ0n) is 19.5. The van der Waals surface area contributed by atoms with Gasteiger partial charge in [-0.05, 0) is 60.0 Å². The van der Waals surface area contributed by atoms with Crippen LogP contribution in [0.25, 0.3) is 0 Å². The number of nitrogens with one attached hydrogen (secondary N) is 1. The second-order valence-corrected chi connectivity index (χ2v) is 9.33. The summed E-state index contributed by atoms with van der Waals surface area (Å²) in [7, 11) is 0. The Morgan fingerprint density at radius 2 is 1.74 bits per heavy atom. The number of nitrogens with zero attached hydrogens (tertiary/aromatic N) is 1. The van der Waals surface area contributed by atoms with Crippen LogP contribution in [0, 0.1) is 18.6 Å². The first-order chi connectivity index (χ1) is 16.0. The number of aryl methyl sites for hydroxylation is 1. The van der Waals surface area contributed by atoms with Gasteiger partial charge in [0.2, 0.25) is 5.91 Å². The molecule has 35 heavy (non-hydrogen) atoms. The van der Waals surface area contributed by atoms with Crippen molar-refractivity contribution in [3.63, 3.8) is 0 Å². The molecule has 188 valence electrons. The lowest BCUT2D eigenvalue weighted by Gasteiger charge is -2.22. The Kier molecular flexibility index (Phi) is 9.60. The quantitative estimate of drug-likeness (QED) is 0.394. The van der Waals surface area contributed by atoms with E-state index in [2.05, 4.69) is 21.2 Å². The predicted molar refractivity (Wildman–Crippen MR) is 137 cm³/mol. The molecule has 10 heteroatoms. The SMILES string of the molecule is Cc1cc(OCc2ccc(F)cc2F)c(Br)c(=O)n1Cc1ccc(CNC(C)(C)C(N)=O)cc1.Cl. The number of pyridine rings is 1. The average molecular weight is 571 g/mol. The van der Waals surface area contributed by atoms with E-state index >= 15 is 0 Å². The van der Waals surface area contributed by atoms with E-state index in [0.717, 1.165) is 23.3 Å². The first-order valence-electron chi connectivity index (χ1n) is 10.6. The van der Waals surface area contributed by atoms with E-state index in [4.69, 9.17) is 10.5 Å². The number of hydrogen-bond donors (Lipinski definition) is 2. The molecule has 0 fully saturated rings. The predicted octanol–water partition coefficient (Wildman–Crippen LogP) is 4.60. The Balaban J connectivity index is 0.00000432. The zero-order chi connectivity index (χ0) is 25.0. The minimum Gasteiger partial charge on any atom is -0.487 e. The Morgan fingerprint density at radius 3 is 2.34 bits per heavy atom. The molecule has 0 bridgehead atoms. The van der Waals surface area contributed by atoms with Gasteiger partial charge in [0.05, 0.1) is 12.1 Å². The van der Waals surface area contributed by atoms with Gasteiger partial charge in [-0.25, -0.2) is 8.78 Å². The Labute approximate surface area is 217 Å². The molecule has 1 aromatic heterocycles. The van der Waals surface area contributed by atoms with Crippen molar-refractivity contribution in [2.24, 2.45) is 5.73 Å². The molecule has 1 heterocycles. The first-order valence-corrected chi connectivity index (χ1v) is 11.4. The van der Waals surface area contributed by atoms with Crippen LogP contribution in [0.15, 0.2) is 57.8 Å². The van der Waals surface area contributed by atoms with Crippen LogP contribution < -0.4 is 21.3 Å². The van der Waals surface area contributed by atoms with Crippen molar-refractivity contribution in [2.75, 3.05) is 0 Å². The highest BCUT2D eigenvalue weighted by molar-refractivity contribution is 9.10. The zero-order valence-corrected chi connectivity index (χ0v) is 21.9. The van der Waals surface area contributed by atoms with Gasteiger partial charge in [0.1, 0.15) is 28.5 Å². The molecule has 0 aliphatic rings. The van der Waals surface area contributed by atoms with Crippen LogP contribution in [0.3, 0.4) is 0 Å². The monoisotopic (exact) mass is 569 g/mol. The van der Waals surface area contributed by atoms with E-state index < -0.39 is 23.1 Å². The van der Waals surface area contributed by atoms with Crippen molar-refractivity contribution in [1.82, 2.24) is 9.88 Å². The van der Waals surface area contributed by atoms with Crippen molar-refractivity contribution < 1.29 is 18.3 Å². The minimum atomic E-state index is -0.818. The van der Waals surface area contributed by atoms with Crippen LogP contribution in [0.1, 0.15) is 36.2 Å². The van der Waals surface area contributed by atoms with Crippen molar-refractivity contribution in [2.45, 2.75) is 46.0 Å². The molecule has 6 nitrogen and oxygen atoms in total. The van der Waals surface area contributed by atoms with Crippen LogP contribution in [0.4, 0.5) is 8.78 Å². The molecule has 3 aromatic rings. The molecule has 2 aromatic carbocycles. The summed E-state index contributed by atoms with van der Waals surface area (Å²) >= 11 is 3.29. The van der Waals surface area contributed by atoms with Crippen molar-refractivity contribution in [1.29, 1.82) is 0 Å². The third-order valence-corrected chi connectivity index (χ3v) is 6.26. The molecule has 1 amide bonds. The highest BCUT2D eigenvalue weighted by Gasteiger charge is 2.23. The highest BCUT2D eigenvalue weighted by atomic mass is 79.9. The number of primary amides is 1. The maximum Gasteiger partial charge on any atom is 0.269 e. The Bertz CT molecular complexity index is 1260. The Morgan fingerprint density at radius 1 is 1.11 bits per heavy atom. The maximum atomic E-state index is 13.9. The van der Waals surface area contributed by atoms with Gasteiger partial charge in [-0.2, -0.15) is 0 Å². The number of rotatable bonds is 9. The van der Waals surface area contributed by atoms with E-state index in [-0.39, 0.29) is 40.4 Å². The van der Waals surface area contributed by atoms with Gasteiger partial charge in [0.15, 0.2) is 0 Å². The Hall–Kier alpha value is -2.75. The molecular weight excluding hydrogens is 544 g/mol. The average Bonchev–Trinajstić information content (AvgIpc) is 2.78. The molecule has 0 unspecified atom stereocenters. The lowest BCUT2D eigenvalue weighted by atomic mass is 10.0. The highest BCUT2D eigenvalue weighted by Crippen LogP contribution is 2.24. The fraction of sp³-hybridized carbons (Fsp3) is 0.280. The van der Waals surface area contributed by atoms with E-state index in [9.17, 15) is 18.4 Å².